The van der Waals surface area contributed by atoms with Gasteiger partial charge in [-0.15, -0.1) is 0 Å². The standard InChI is InChI=1S/C14H13BrClFN2O/c1-20-14-4-2-3-10(16)8(14)7-19-13-5-9(15)11(17)6-12(13)18/h2-6,19H,7,18H2,1H3. The first-order chi connectivity index (χ1) is 9.52. The average molecular weight is 360 g/mol. The van der Waals surface area contributed by atoms with E-state index >= 15 is 0 Å². The fourth-order valence-electron chi connectivity index (χ4n) is 1.80. The molecule has 0 aliphatic heterocycles. The van der Waals surface area contributed by atoms with Gasteiger partial charge in [0, 0.05) is 23.2 Å². The first kappa shape index (κ1) is 14.9. The molecule has 2 aromatic carbocycles. The van der Waals surface area contributed by atoms with E-state index in [0.29, 0.717) is 33.2 Å². The Hall–Kier alpha value is -1.46. The first-order valence-corrected chi connectivity index (χ1v) is 6.99. The van der Waals surface area contributed by atoms with Crippen molar-refractivity contribution in [2.45, 2.75) is 6.54 Å². The van der Waals surface area contributed by atoms with Crippen LogP contribution in [0, 0.1) is 5.82 Å². The summed E-state index contributed by atoms with van der Waals surface area (Å²) in [7, 11) is 1.58. The number of ether oxygens (including phenoxy) is 1. The van der Waals surface area contributed by atoms with Crippen molar-refractivity contribution >= 4 is 38.9 Å². The van der Waals surface area contributed by atoms with Gasteiger partial charge >= 0.3 is 0 Å². The van der Waals surface area contributed by atoms with E-state index in [1.165, 1.54) is 6.07 Å². The zero-order valence-corrected chi connectivity index (χ0v) is 13.1. The average Bonchev–Trinajstić information content (AvgIpc) is 2.42. The molecule has 0 heterocycles. The Morgan fingerprint density at radius 3 is 2.85 bits per heavy atom. The predicted octanol–water partition coefficient (Wildman–Crippen LogP) is 4.44. The van der Waals surface area contributed by atoms with Crippen molar-refractivity contribution in [1.82, 2.24) is 0 Å². The lowest BCUT2D eigenvalue weighted by molar-refractivity contribution is 0.410. The molecule has 0 bridgehead atoms. The summed E-state index contributed by atoms with van der Waals surface area (Å²) in [6.07, 6.45) is 0. The molecule has 3 nitrogen and oxygen atoms in total. The van der Waals surface area contributed by atoms with Crippen LogP contribution in [0.15, 0.2) is 34.8 Å². The number of nitrogen functional groups attached to an aromatic ring is 1. The van der Waals surface area contributed by atoms with Crippen LogP contribution in [0.5, 0.6) is 5.75 Å². The number of nitrogens with two attached hydrogens (primary N) is 1. The highest BCUT2D eigenvalue weighted by molar-refractivity contribution is 9.10. The van der Waals surface area contributed by atoms with E-state index in [4.69, 9.17) is 22.1 Å². The smallest absolute Gasteiger partial charge is 0.139 e. The molecule has 106 valence electrons. The van der Waals surface area contributed by atoms with Gasteiger partial charge in [-0.05, 0) is 34.1 Å². The maximum atomic E-state index is 13.3. The second-order valence-electron chi connectivity index (χ2n) is 4.13. The predicted molar refractivity (Wildman–Crippen MR) is 83.8 cm³/mol. The molecule has 0 aliphatic rings. The molecule has 0 unspecified atom stereocenters. The van der Waals surface area contributed by atoms with Crippen LogP contribution in [-0.4, -0.2) is 7.11 Å². The lowest BCUT2D eigenvalue weighted by atomic mass is 10.2. The topological polar surface area (TPSA) is 47.3 Å². The van der Waals surface area contributed by atoms with E-state index in [1.807, 2.05) is 12.1 Å². The molecule has 3 N–H and O–H groups in total. The third-order valence-electron chi connectivity index (χ3n) is 2.84. The highest BCUT2D eigenvalue weighted by Gasteiger charge is 2.10. The molecular weight excluding hydrogens is 347 g/mol. The first-order valence-electron chi connectivity index (χ1n) is 5.82. The second-order valence-corrected chi connectivity index (χ2v) is 5.39. The van der Waals surface area contributed by atoms with Crippen LogP contribution >= 0.6 is 27.5 Å². The molecule has 2 rings (SSSR count). The summed E-state index contributed by atoms with van der Waals surface area (Å²) in [4.78, 5) is 0. The number of halogens is 3. The summed E-state index contributed by atoms with van der Waals surface area (Å²) in [6, 6.07) is 8.27. The van der Waals surface area contributed by atoms with Gasteiger partial charge in [-0.3, -0.25) is 0 Å². The van der Waals surface area contributed by atoms with Crippen molar-refractivity contribution in [2.24, 2.45) is 0 Å². The van der Waals surface area contributed by atoms with E-state index in [-0.39, 0.29) is 0 Å². The quantitative estimate of drug-likeness (QED) is 0.793. The van der Waals surface area contributed by atoms with Gasteiger partial charge in [-0.1, -0.05) is 17.7 Å². The van der Waals surface area contributed by atoms with E-state index in [2.05, 4.69) is 21.2 Å². The van der Waals surface area contributed by atoms with Crippen molar-refractivity contribution in [3.63, 3.8) is 0 Å². The Morgan fingerprint density at radius 2 is 2.15 bits per heavy atom. The highest BCUT2D eigenvalue weighted by atomic mass is 79.9. The molecule has 0 spiro atoms. The van der Waals surface area contributed by atoms with E-state index in [9.17, 15) is 4.39 Å². The zero-order valence-electron chi connectivity index (χ0n) is 10.7. The van der Waals surface area contributed by atoms with Crippen LogP contribution in [0.2, 0.25) is 5.02 Å². The Labute approximate surface area is 130 Å². The maximum absolute atomic E-state index is 13.3. The molecule has 0 fully saturated rings. The minimum atomic E-state index is -0.400. The van der Waals surface area contributed by atoms with Crippen LogP contribution in [0.3, 0.4) is 0 Å². The minimum Gasteiger partial charge on any atom is -0.496 e. The fraction of sp³-hybridized carbons (Fsp3) is 0.143. The summed E-state index contributed by atoms with van der Waals surface area (Å²) in [5.74, 6) is 0.285. The molecule has 0 amide bonds. The molecule has 0 atom stereocenters. The van der Waals surface area contributed by atoms with Crippen LogP contribution in [0.4, 0.5) is 15.8 Å². The summed E-state index contributed by atoms with van der Waals surface area (Å²) < 4.78 is 18.9. The van der Waals surface area contributed by atoms with Crippen LogP contribution < -0.4 is 15.8 Å². The normalized spacial score (nSPS) is 10.4. The maximum Gasteiger partial charge on any atom is 0.139 e. The largest absolute Gasteiger partial charge is 0.496 e. The molecule has 0 saturated heterocycles. The lowest BCUT2D eigenvalue weighted by Crippen LogP contribution is -2.05. The van der Waals surface area contributed by atoms with Crippen molar-refractivity contribution in [3.8, 4) is 5.75 Å². The second kappa shape index (κ2) is 6.33. The van der Waals surface area contributed by atoms with Gasteiger partial charge in [0.1, 0.15) is 11.6 Å². The molecule has 6 heteroatoms. The van der Waals surface area contributed by atoms with Crippen molar-refractivity contribution in [3.05, 3.63) is 51.2 Å². The molecule has 2 aromatic rings. The number of hydrogen-bond acceptors (Lipinski definition) is 3. The number of methoxy groups -OCH3 is 1. The summed E-state index contributed by atoms with van der Waals surface area (Å²) >= 11 is 9.28. The molecule has 0 aliphatic carbocycles. The van der Waals surface area contributed by atoms with Crippen LogP contribution in [-0.2, 0) is 6.54 Å². The molecule has 0 radical (unpaired) electrons. The number of anilines is 2. The number of hydrogen-bond donors (Lipinski definition) is 2. The van der Waals surface area contributed by atoms with Crippen molar-refractivity contribution < 1.29 is 9.13 Å². The monoisotopic (exact) mass is 358 g/mol. The Morgan fingerprint density at radius 1 is 1.40 bits per heavy atom. The third-order valence-corrected chi connectivity index (χ3v) is 3.81. The fourth-order valence-corrected chi connectivity index (χ4v) is 2.38. The SMILES string of the molecule is COc1cccc(Cl)c1CNc1cc(Br)c(F)cc1N. The number of nitrogens with one attached hydrogen (secondary N) is 1. The minimum absolute atomic E-state index is 0.330. The molecule has 0 saturated carbocycles. The number of rotatable bonds is 4. The van der Waals surface area contributed by atoms with Gasteiger partial charge in [0.05, 0.1) is 23.0 Å². The molecular formula is C14H13BrClFN2O. The Kier molecular flexibility index (Phi) is 4.73. The number of benzene rings is 2. The van der Waals surface area contributed by atoms with Crippen LogP contribution in [0.1, 0.15) is 5.56 Å². The highest BCUT2D eigenvalue weighted by Crippen LogP contribution is 2.30. The summed E-state index contributed by atoms with van der Waals surface area (Å²) in [6.45, 7) is 0.422. The summed E-state index contributed by atoms with van der Waals surface area (Å²) in [5, 5.41) is 3.72. The third kappa shape index (κ3) is 3.16. The van der Waals surface area contributed by atoms with Gasteiger partial charge in [0.2, 0.25) is 0 Å². The lowest BCUT2D eigenvalue weighted by Gasteiger charge is -2.14. The molecule has 20 heavy (non-hydrogen) atoms. The zero-order chi connectivity index (χ0) is 14.7. The van der Waals surface area contributed by atoms with E-state index in [1.54, 1.807) is 19.2 Å². The van der Waals surface area contributed by atoms with Gasteiger partial charge in [-0.2, -0.15) is 0 Å². The van der Waals surface area contributed by atoms with Crippen LogP contribution in [0.25, 0.3) is 0 Å². The van der Waals surface area contributed by atoms with Gasteiger partial charge < -0.3 is 15.8 Å². The van der Waals surface area contributed by atoms with E-state index < -0.39 is 5.82 Å². The Bertz CT molecular complexity index is 637. The van der Waals surface area contributed by atoms with E-state index in [0.717, 1.165) is 5.56 Å². The van der Waals surface area contributed by atoms with Gasteiger partial charge in [0.15, 0.2) is 0 Å². The summed E-state index contributed by atoms with van der Waals surface area (Å²) in [5.41, 5.74) is 7.55. The van der Waals surface area contributed by atoms with Gasteiger partial charge in [-0.25, -0.2) is 4.39 Å². The Balaban J connectivity index is 2.23. The van der Waals surface area contributed by atoms with Crippen molar-refractivity contribution in [1.29, 1.82) is 0 Å². The molecule has 0 aromatic heterocycles. The van der Waals surface area contributed by atoms with Gasteiger partial charge in [0.25, 0.3) is 0 Å². The van der Waals surface area contributed by atoms with Crippen molar-refractivity contribution in [2.75, 3.05) is 18.2 Å².